The number of nitrogens with zero attached hydrogens (tertiary/aromatic N) is 4. The zero-order valence-corrected chi connectivity index (χ0v) is 21.6. The number of morpholine rings is 1. The Labute approximate surface area is 214 Å². The number of rotatable bonds is 7. The fraction of sp³-hybridized carbons (Fsp3) is 0.577. The Morgan fingerprint density at radius 2 is 2.03 bits per heavy atom. The van der Waals surface area contributed by atoms with Crippen LogP contribution in [0.15, 0.2) is 18.3 Å². The van der Waals surface area contributed by atoms with Crippen molar-refractivity contribution in [2.45, 2.75) is 63.0 Å². The summed E-state index contributed by atoms with van der Waals surface area (Å²) in [5.74, 6) is 2.23. The molecule has 1 atom stereocenters. The van der Waals surface area contributed by atoms with Gasteiger partial charge < -0.3 is 20.5 Å². The zero-order valence-electron chi connectivity index (χ0n) is 20.7. The number of amides is 1. The second-order valence-electron chi connectivity index (χ2n) is 10.2. The number of fused-ring (bicyclic) bond motifs is 3. The van der Waals surface area contributed by atoms with Gasteiger partial charge in [-0.25, -0.2) is 4.98 Å². The molecule has 9 nitrogen and oxygen atoms in total. The minimum Gasteiger partial charge on any atom is -0.490 e. The summed E-state index contributed by atoms with van der Waals surface area (Å²) in [5, 5.41) is 8.86. The number of carbonyl (C=O) groups excluding carboxylic acids is 1. The summed E-state index contributed by atoms with van der Waals surface area (Å²) in [4.78, 5) is 21.6. The lowest BCUT2D eigenvalue weighted by atomic mass is 9.91. The van der Waals surface area contributed by atoms with Crippen molar-refractivity contribution in [2.24, 2.45) is 12.8 Å². The molecule has 10 heteroatoms. The van der Waals surface area contributed by atoms with Crippen molar-refractivity contribution >= 4 is 39.1 Å². The molecule has 192 valence electrons. The largest absolute Gasteiger partial charge is 0.490 e. The van der Waals surface area contributed by atoms with Gasteiger partial charge in [-0.2, -0.15) is 5.10 Å². The van der Waals surface area contributed by atoms with Crippen LogP contribution in [-0.2, 0) is 23.0 Å². The van der Waals surface area contributed by atoms with Crippen LogP contribution in [0.2, 0.25) is 0 Å². The van der Waals surface area contributed by atoms with E-state index in [1.165, 1.54) is 10.4 Å². The first kappa shape index (κ1) is 23.7. The molecule has 4 heterocycles. The molecule has 36 heavy (non-hydrogen) atoms. The lowest BCUT2D eigenvalue weighted by Gasteiger charge is -2.38. The summed E-state index contributed by atoms with van der Waals surface area (Å²) < 4.78 is 14.1. The first-order valence-corrected chi connectivity index (χ1v) is 13.8. The molecule has 3 N–H and O–H groups in total. The van der Waals surface area contributed by atoms with E-state index >= 15 is 0 Å². The number of aromatic nitrogens is 3. The van der Waals surface area contributed by atoms with Gasteiger partial charge in [0.1, 0.15) is 16.4 Å². The molecule has 1 saturated carbocycles. The summed E-state index contributed by atoms with van der Waals surface area (Å²) in [5.41, 5.74) is 6.83. The monoisotopic (exact) mass is 510 g/mol. The van der Waals surface area contributed by atoms with Gasteiger partial charge in [0.25, 0.3) is 0 Å². The average molecular weight is 511 g/mol. The van der Waals surface area contributed by atoms with Gasteiger partial charge in [0.05, 0.1) is 24.7 Å². The maximum absolute atomic E-state index is 11.8. The van der Waals surface area contributed by atoms with Crippen LogP contribution < -0.4 is 15.8 Å². The first-order chi connectivity index (χ1) is 17.5. The zero-order chi connectivity index (χ0) is 24.6. The number of anilines is 2. The Hall–Kier alpha value is -2.69. The van der Waals surface area contributed by atoms with Crippen LogP contribution in [0, 0.1) is 0 Å². The average Bonchev–Trinajstić information content (AvgIpc) is 3.56. The van der Waals surface area contributed by atoms with Gasteiger partial charge in [-0.3, -0.25) is 14.4 Å². The van der Waals surface area contributed by atoms with Crippen LogP contribution in [0.1, 0.15) is 54.9 Å². The molecule has 2 fully saturated rings. The van der Waals surface area contributed by atoms with Gasteiger partial charge >= 0.3 is 0 Å². The van der Waals surface area contributed by atoms with Crippen molar-refractivity contribution in [1.82, 2.24) is 19.7 Å². The second kappa shape index (κ2) is 9.99. The van der Waals surface area contributed by atoms with Gasteiger partial charge in [0, 0.05) is 55.8 Å². The van der Waals surface area contributed by atoms with Crippen LogP contribution in [0.4, 0.5) is 11.6 Å². The number of primary amides is 1. The third-order valence-electron chi connectivity index (χ3n) is 7.78. The third-order valence-corrected chi connectivity index (χ3v) is 8.94. The van der Waals surface area contributed by atoms with Gasteiger partial charge in [0.2, 0.25) is 5.91 Å². The first-order valence-electron chi connectivity index (χ1n) is 13.0. The quantitative estimate of drug-likeness (QED) is 0.499. The van der Waals surface area contributed by atoms with Crippen molar-refractivity contribution in [3.05, 3.63) is 28.8 Å². The van der Waals surface area contributed by atoms with Crippen LogP contribution in [0.5, 0.6) is 5.75 Å². The van der Waals surface area contributed by atoms with Crippen molar-refractivity contribution in [1.29, 1.82) is 0 Å². The Kier molecular flexibility index (Phi) is 6.57. The van der Waals surface area contributed by atoms with Crippen molar-refractivity contribution in [3.8, 4) is 5.75 Å². The molecule has 0 radical (unpaired) electrons. The molecular formula is C26H34N6O3S. The molecule has 1 saturated heterocycles. The van der Waals surface area contributed by atoms with Crippen molar-refractivity contribution in [2.75, 3.05) is 31.6 Å². The third kappa shape index (κ3) is 4.81. The predicted octanol–water partition coefficient (Wildman–Crippen LogP) is 3.70. The topological polar surface area (TPSA) is 108 Å². The summed E-state index contributed by atoms with van der Waals surface area (Å²) in [6.45, 7) is 3.75. The summed E-state index contributed by atoms with van der Waals surface area (Å²) in [6, 6.07) is 4.56. The highest BCUT2D eigenvalue weighted by atomic mass is 32.1. The summed E-state index contributed by atoms with van der Waals surface area (Å²) >= 11 is 1.72. The molecule has 0 aromatic carbocycles. The number of nitrogens with two attached hydrogens (primary N) is 1. The van der Waals surface area contributed by atoms with E-state index in [9.17, 15) is 4.79 Å². The number of nitrogens with one attached hydrogen (secondary N) is 1. The minimum absolute atomic E-state index is 0.141. The number of aryl methyl sites for hydroxylation is 2. The second-order valence-corrected chi connectivity index (χ2v) is 11.3. The number of ether oxygens (including phenoxy) is 2. The van der Waals surface area contributed by atoms with Crippen molar-refractivity contribution < 1.29 is 14.3 Å². The molecule has 2 aliphatic carbocycles. The standard InChI is InChI=1S/C26H34N6O3S/c1-31-9-8-22(30-31)28-23-15-19(35-18-5-3-17(4-6-18)32-10-12-34-13-11-32)25-24-16(14-21(27)33)2-7-20(24)36-26(25)29-23/h8-9,15-18H,2-7,10-14H2,1H3,(H2,27,33)(H,28,29,30)/t16-,17-,18-/m1/s1. The number of pyridine rings is 1. The van der Waals surface area contributed by atoms with E-state index < -0.39 is 0 Å². The van der Waals surface area contributed by atoms with E-state index in [2.05, 4.69) is 15.3 Å². The van der Waals surface area contributed by atoms with Crippen LogP contribution >= 0.6 is 11.3 Å². The lowest BCUT2D eigenvalue weighted by molar-refractivity contribution is -0.118. The molecule has 3 aromatic rings. The van der Waals surface area contributed by atoms with E-state index in [1.54, 1.807) is 16.0 Å². The summed E-state index contributed by atoms with van der Waals surface area (Å²) in [7, 11) is 1.90. The van der Waals surface area contributed by atoms with Crippen LogP contribution in [0.25, 0.3) is 10.2 Å². The van der Waals surface area contributed by atoms with E-state index in [4.69, 9.17) is 20.2 Å². The predicted molar refractivity (Wildman–Crippen MR) is 140 cm³/mol. The molecule has 3 aliphatic rings. The van der Waals surface area contributed by atoms with E-state index in [0.29, 0.717) is 12.5 Å². The Balaban J connectivity index is 1.28. The van der Waals surface area contributed by atoms with E-state index in [0.717, 1.165) is 92.4 Å². The van der Waals surface area contributed by atoms with Gasteiger partial charge in [0.15, 0.2) is 5.82 Å². The number of carbonyl (C=O) groups is 1. The molecule has 0 spiro atoms. The molecule has 6 rings (SSSR count). The SMILES string of the molecule is Cn1ccc(Nc2cc(O[C@H]3CC[C@H](N4CCOCC4)CC3)c3c4c(sc3n2)CC[C@@H]4CC(N)=O)n1. The highest BCUT2D eigenvalue weighted by molar-refractivity contribution is 7.19. The smallest absolute Gasteiger partial charge is 0.218 e. The van der Waals surface area contributed by atoms with Crippen LogP contribution in [-0.4, -0.2) is 64.0 Å². The Morgan fingerprint density at radius 3 is 2.75 bits per heavy atom. The molecule has 1 amide bonds. The fourth-order valence-corrected chi connectivity index (χ4v) is 7.36. The Bertz CT molecular complexity index is 1240. The number of hydrogen-bond acceptors (Lipinski definition) is 8. The minimum atomic E-state index is -0.252. The van der Waals surface area contributed by atoms with Crippen molar-refractivity contribution in [3.63, 3.8) is 0 Å². The molecular weight excluding hydrogens is 476 g/mol. The molecule has 0 unspecified atom stereocenters. The van der Waals surface area contributed by atoms with Gasteiger partial charge in [-0.15, -0.1) is 11.3 Å². The fourth-order valence-electron chi connectivity index (χ4n) is 6.07. The molecule has 3 aromatic heterocycles. The van der Waals surface area contributed by atoms with Gasteiger partial charge in [-0.1, -0.05) is 0 Å². The highest BCUT2D eigenvalue weighted by Crippen LogP contribution is 2.49. The Morgan fingerprint density at radius 1 is 1.22 bits per heavy atom. The normalized spacial score (nSPS) is 24.6. The maximum Gasteiger partial charge on any atom is 0.218 e. The lowest BCUT2D eigenvalue weighted by Crippen LogP contribution is -2.46. The number of hydrogen-bond donors (Lipinski definition) is 2. The van der Waals surface area contributed by atoms with E-state index in [1.807, 2.05) is 25.4 Å². The number of thiophene rings is 1. The summed E-state index contributed by atoms with van der Waals surface area (Å²) in [6.07, 6.45) is 8.71. The molecule has 1 aliphatic heterocycles. The van der Waals surface area contributed by atoms with Crippen LogP contribution in [0.3, 0.4) is 0 Å². The van der Waals surface area contributed by atoms with Gasteiger partial charge in [-0.05, 0) is 50.0 Å². The van der Waals surface area contributed by atoms with E-state index in [-0.39, 0.29) is 17.9 Å². The highest BCUT2D eigenvalue weighted by Gasteiger charge is 2.33. The molecule has 0 bridgehead atoms. The maximum atomic E-state index is 11.8.